The number of nitrogens with one attached hydrogen (secondary N) is 1. The quantitative estimate of drug-likeness (QED) is 0.359. The molecular formula is C28H21ClN2O2. The molecule has 1 N–H and O–H groups in total. The number of fused-ring (bicyclic) bond motifs is 1. The van der Waals surface area contributed by atoms with Gasteiger partial charge in [-0.05, 0) is 54.6 Å². The van der Waals surface area contributed by atoms with Crippen molar-refractivity contribution >= 4 is 51.1 Å². The number of carbonyl (C=O) groups is 2. The van der Waals surface area contributed by atoms with Crippen LogP contribution in [-0.4, -0.2) is 11.8 Å². The molecule has 0 atom stereocenters. The van der Waals surface area contributed by atoms with Crippen LogP contribution in [0, 0.1) is 13.8 Å². The normalized spacial score (nSPS) is 13.8. The molecule has 4 nitrogen and oxygen atoms in total. The summed E-state index contributed by atoms with van der Waals surface area (Å²) in [4.78, 5) is 28.6. The Morgan fingerprint density at radius 3 is 2.27 bits per heavy atom. The summed E-state index contributed by atoms with van der Waals surface area (Å²) >= 11 is 6.12. The minimum absolute atomic E-state index is 0.259. The number of anilines is 2. The van der Waals surface area contributed by atoms with Crippen LogP contribution in [0.5, 0.6) is 0 Å². The number of hydrogen-bond acceptors (Lipinski definition) is 3. The Bertz CT molecular complexity index is 1450. The molecule has 0 saturated carbocycles. The minimum Gasteiger partial charge on any atom is -0.350 e. The van der Waals surface area contributed by atoms with Gasteiger partial charge in [-0.15, -0.1) is 0 Å². The molecule has 0 radical (unpaired) electrons. The summed E-state index contributed by atoms with van der Waals surface area (Å²) in [6.07, 6.45) is 0. The average molecular weight is 453 g/mol. The molecular weight excluding hydrogens is 432 g/mol. The SMILES string of the molecule is Cc1ccc(C2=C(Nc3cccc4ccccc34)C(=O)N(c3ccc(Cl)cc3C)C2=O)cc1. The molecule has 1 heterocycles. The zero-order valence-electron chi connectivity index (χ0n) is 18.2. The largest absolute Gasteiger partial charge is 0.350 e. The van der Waals surface area contributed by atoms with Crippen LogP contribution in [-0.2, 0) is 9.59 Å². The molecule has 162 valence electrons. The van der Waals surface area contributed by atoms with Crippen molar-refractivity contribution in [2.45, 2.75) is 13.8 Å². The molecule has 4 aromatic carbocycles. The first-order chi connectivity index (χ1) is 15.9. The number of rotatable bonds is 4. The number of hydrogen-bond donors (Lipinski definition) is 1. The van der Waals surface area contributed by atoms with Crippen LogP contribution in [0.1, 0.15) is 16.7 Å². The third-order valence-electron chi connectivity index (χ3n) is 5.87. The number of halogens is 1. The smallest absolute Gasteiger partial charge is 0.282 e. The predicted octanol–water partition coefficient (Wildman–Crippen LogP) is 6.51. The maximum absolute atomic E-state index is 13.7. The molecule has 2 amide bonds. The highest BCUT2D eigenvalue weighted by molar-refractivity contribution is 6.46. The third kappa shape index (κ3) is 3.69. The van der Waals surface area contributed by atoms with E-state index in [0.29, 0.717) is 21.8 Å². The molecule has 4 aromatic rings. The van der Waals surface area contributed by atoms with Crippen LogP contribution in [0.4, 0.5) is 11.4 Å². The van der Waals surface area contributed by atoms with Crippen LogP contribution in [0.15, 0.2) is 90.6 Å². The summed E-state index contributed by atoms with van der Waals surface area (Å²) < 4.78 is 0. The fourth-order valence-corrected chi connectivity index (χ4v) is 4.42. The van der Waals surface area contributed by atoms with Crippen LogP contribution < -0.4 is 10.2 Å². The highest BCUT2D eigenvalue weighted by Crippen LogP contribution is 2.37. The molecule has 0 saturated heterocycles. The van der Waals surface area contributed by atoms with Crippen molar-refractivity contribution in [1.29, 1.82) is 0 Å². The molecule has 0 bridgehead atoms. The lowest BCUT2D eigenvalue weighted by molar-refractivity contribution is -0.120. The van der Waals surface area contributed by atoms with Gasteiger partial charge in [-0.25, -0.2) is 4.90 Å². The van der Waals surface area contributed by atoms with E-state index in [9.17, 15) is 9.59 Å². The Labute approximate surface area is 197 Å². The Morgan fingerprint density at radius 2 is 1.52 bits per heavy atom. The van der Waals surface area contributed by atoms with E-state index in [1.165, 1.54) is 4.90 Å². The summed E-state index contributed by atoms with van der Waals surface area (Å²) in [5, 5.41) is 5.86. The van der Waals surface area contributed by atoms with Gasteiger partial charge >= 0.3 is 0 Å². The third-order valence-corrected chi connectivity index (χ3v) is 6.11. The van der Waals surface area contributed by atoms with Gasteiger partial charge in [0, 0.05) is 16.1 Å². The van der Waals surface area contributed by atoms with Crippen LogP contribution >= 0.6 is 11.6 Å². The van der Waals surface area contributed by atoms with Crippen molar-refractivity contribution in [3.8, 4) is 0 Å². The first-order valence-corrected chi connectivity index (χ1v) is 11.0. The average Bonchev–Trinajstić information content (AvgIpc) is 3.04. The van der Waals surface area contributed by atoms with Gasteiger partial charge in [0.2, 0.25) is 0 Å². The van der Waals surface area contributed by atoms with Gasteiger partial charge in [-0.3, -0.25) is 9.59 Å². The Kier molecular flexibility index (Phi) is 5.23. The lowest BCUT2D eigenvalue weighted by Crippen LogP contribution is -2.33. The van der Waals surface area contributed by atoms with Gasteiger partial charge in [0.05, 0.1) is 11.3 Å². The van der Waals surface area contributed by atoms with Crippen molar-refractivity contribution in [2.75, 3.05) is 10.2 Å². The lowest BCUT2D eigenvalue weighted by Gasteiger charge is -2.18. The van der Waals surface area contributed by atoms with Crippen molar-refractivity contribution in [2.24, 2.45) is 0 Å². The minimum atomic E-state index is -0.395. The molecule has 0 aliphatic carbocycles. The monoisotopic (exact) mass is 452 g/mol. The molecule has 0 unspecified atom stereocenters. The zero-order valence-corrected chi connectivity index (χ0v) is 19.0. The molecule has 33 heavy (non-hydrogen) atoms. The highest BCUT2D eigenvalue weighted by Gasteiger charge is 2.41. The van der Waals surface area contributed by atoms with Crippen molar-refractivity contribution in [3.05, 3.63) is 112 Å². The highest BCUT2D eigenvalue weighted by atomic mass is 35.5. The summed E-state index contributed by atoms with van der Waals surface area (Å²) in [5.41, 5.74) is 4.41. The van der Waals surface area contributed by atoms with E-state index in [2.05, 4.69) is 5.32 Å². The lowest BCUT2D eigenvalue weighted by atomic mass is 10.0. The molecule has 0 aromatic heterocycles. The topological polar surface area (TPSA) is 49.4 Å². The maximum atomic E-state index is 13.7. The number of aryl methyl sites for hydroxylation is 2. The van der Waals surface area contributed by atoms with Gasteiger partial charge in [0.1, 0.15) is 5.70 Å². The van der Waals surface area contributed by atoms with Gasteiger partial charge in [0.15, 0.2) is 0 Å². The summed E-state index contributed by atoms with van der Waals surface area (Å²) in [7, 11) is 0. The van der Waals surface area contributed by atoms with E-state index >= 15 is 0 Å². The summed E-state index contributed by atoms with van der Waals surface area (Å²) in [6, 6.07) is 26.6. The molecule has 0 spiro atoms. The molecule has 5 rings (SSSR count). The van der Waals surface area contributed by atoms with Gasteiger partial charge in [0.25, 0.3) is 11.8 Å². The first-order valence-electron chi connectivity index (χ1n) is 10.6. The van der Waals surface area contributed by atoms with Crippen molar-refractivity contribution < 1.29 is 9.59 Å². The van der Waals surface area contributed by atoms with E-state index in [0.717, 1.165) is 27.6 Å². The second-order valence-corrected chi connectivity index (χ2v) is 8.58. The number of imide groups is 1. The second-order valence-electron chi connectivity index (χ2n) is 8.14. The van der Waals surface area contributed by atoms with E-state index in [1.807, 2.05) is 80.6 Å². The van der Waals surface area contributed by atoms with E-state index < -0.39 is 5.91 Å². The predicted molar refractivity (Wildman–Crippen MR) is 134 cm³/mol. The second kappa shape index (κ2) is 8.23. The molecule has 1 aliphatic heterocycles. The Hall–Kier alpha value is -3.89. The fourth-order valence-electron chi connectivity index (χ4n) is 4.19. The summed E-state index contributed by atoms with van der Waals surface area (Å²) in [6.45, 7) is 3.82. The zero-order chi connectivity index (χ0) is 23.1. The van der Waals surface area contributed by atoms with Crippen molar-refractivity contribution in [3.63, 3.8) is 0 Å². The van der Waals surface area contributed by atoms with E-state index in [-0.39, 0.29) is 11.6 Å². The van der Waals surface area contributed by atoms with E-state index in [4.69, 9.17) is 11.6 Å². The fraction of sp³-hybridized carbons (Fsp3) is 0.0714. The van der Waals surface area contributed by atoms with Gasteiger partial charge in [-0.2, -0.15) is 0 Å². The first kappa shape index (κ1) is 21.0. The Morgan fingerprint density at radius 1 is 0.788 bits per heavy atom. The standard InChI is InChI=1S/C28H21ClN2O2/c1-17-10-12-20(13-11-17)25-26(30-23-9-5-7-19-6-3-4-8-22(19)23)28(33)31(27(25)32)24-15-14-21(29)16-18(24)2/h3-16,30H,1-2H3. The van der Waals surface area contributed by atoms with Gasteiger partial charge < -0.3 is 5.32 Å². The number of benzene rings is 4. The number of amides is 2. The molecule has 0 fully saturated rings. The van der Waals surface area contributed by atoms with Crippen molar-refractivity contribution in [1.82, 2.24) is 0 Å². The Balaban J connectivity index is 1.67. The molecule has 1 aliphatic rings. The maximum Gasteiger partial charge on any atom is 0.282 e. The van der Waals surface area contributed by atoms with Gasteiger partial charge in [-0.1, -0.05) is 77.8 Å². The summed E-state index contributed by atoms with van der Waals surface area (Å²) in [5.74, 6) is -0.758. The van der Waals surface area contributed by atoms with E-state index in [1.54, 1.807) is 18.2 Å². The number of carbonyl (C=O) groups excluding carboxylic acids is 2. The molecule has 5 heteroatoms. The van der Waals surface area contributed by atoms with Crippen LogP contribution in [0.2, 0.25) is 5.02 Å². The van der Waals surface area contributed by atoms with Crippen LogP contribution in [0.25, 0.3) is 16.3 Å². The van der Waals surface area contributed by atoms with Crippen LogP contribution in [0.3, 0.4) is 0 Å². The number of nitrogens with zero attached hydrogens (tertiary/aromatic N) is 1.